The van der Waals surface area contributed by atoms with Crippen LogP contribution in [0.25, 0.3) is 5.76 Å². The Morgan fingerprint density at radius 2 is 1.97 bits per heavy atom. The molecule has 1 N–H and O–H groups in total. The van der Waals surface area contributed by atoms with Crippen molar-refractivity contribution in [1.29, 1.82) is 0 Å². The largest absolute Gasteiger partial charge is 0.507 e. The molecule has 1 unspecified atom stereocenters. The van der Waals surface area contributed by atoms with Gasteiger partial charge in [0.25, 0.3) is 11.7 Å². The number of hydrogen-bond acceptors (Lipinski definition) is 5. The number of nitrogens with zero attached hydrogens (tertiary/aromatic N) is 1. The van der Waals surface area contributed by atoms with E-state index < -0.39 is 17.7 Å². The summed E-state index contributed by atoms with van der Waals surface area (Å²) in [5.74, 6) is -1.10. The molecular weight excluding hydrogens is 406 g/mol. The number of methoxy groups -OCH3 is 1. The lowest BCUT2D eigenvalue weighted by molar-refractivity contribution is -0.140. The number of hydrogen-bond donors (Lipinski definition) is 1. The van der Waals surface area contributed by atoms with E-state index >= 15 is 0 Å². The van der Waals surface area contributed by atoms with Crippen LogP contribution < -0.4 is 4.74 Å². The molecule has 1 aliphatic rings. The van der Waals surface area contributed by atoms with E-state index in [4.69, 9.17) is 21.1 Å². The average Bonchev–Trinajstić information content (AvgIpc) is 3.01. The van der Waals surface area contributed by atoms with E-state index in [0.717, 1.165) is 0 Å². The molecule has 1 atom stereocenters. The maximum Gasteiger partial charge on any atom is 0.295 e. The van der Waals surface area contributed by atoms with Crippen molar-refractivity contribution in [1.82, 2.24) is 4.90 Å². The van der Waals surface area contributed by atoms with Crippen molar-refractivity contribution in [3.05, 3.63) is 82.9 Å². The number of Topliss-reactive ketones (excluding diaryl/α,β-unsaturated/α-hetero) is 1. The number of aliphatic hydroxyl groups is 1. The molecule has 0 aliphatic carbocycles. The summed E-state index contributed by atoms with van der Waals surface area (Å²) in [7, 11) is 1.51. The summed E-state index contributed by atoms with van der Waals surface area (Å²) in [6, 6.07) is 12.7. The van der Waals surface area contributed by atoms with Crippen LogP contribution in [-0.2, 0) is 14.3 Å². The Kier molecular flexibility index (Phi) is 6.92. The van der Waals surface area contributed by atoms with Gasteiger partial charge >= 0.3 is 0 Å². The number of halogens is 1. The van der Waals surface area contributed by atoms with E-state index in [2.05, 4.69) is 6.58 Å². The molecule has 0 saturated carbocycles. The minimum Gasteiger partial charge on any atom is -0.507 e. The van der Waals surface area contributed by atoms with Gasteiger partial charge < -0.3 is 19.5 Å². The molecule has 30 heavy (non-hydrogen) atoms. The molecule has 2 aromatic rings. The number of benzene rings is 2. The van der Waals surface area contributed by atoms with Gasteiger partial charge in [-0.2, -0.15) is 0 Å². The van der Waals surface area contributed by atoms with Crippen LogP contribution >= 0.6 is 11.6 Å². The van der Waals surface area contributed by atoms with Gasteiger partial charge in [-0.15, -0.1) is 0 Å². The molecule has 0 radical (unpaired) electrons. The fraction of sp³-hybridized carbons (Fsp3) is 0.217. The zero-order chi connectivity index (χ0) is 21.7. The average molecular weight is 428 g/mol. The van der Waals surface area contributed by atoms with Crippen LogP contribution in [0.1, 0.15) is 17.2 Å². The minimum absolute atomic E-state index is 0.0122. The van der Waals surface area contributed by atoms with Crippen LogP contribution in [0.2, 0.25) is 5.02 Å². The summed E-state index contributed by atoms with van der Waals surface area (Å²) in [5, 5.41) is 11.4. The Bertz CT molecular complexity index is 983. The van der Waals surface area contributed by atoms with Crippen LogP contribution in [0.5, 0.6) is 5.75 Å². The summed E-state index contributed by atoms with van der Waals surface area (Å²) >= 11 is 6.14. The summed E-state index contributed by atoms with van der Waals surface area (Å²) in [6.07, 6.45) is 1.63. The molecule has 1 heterocycles. The van der Waals surface area contributed by atoms with Gasteiger partial charge in [-0.1, -0.05) is 36.4 Å². The SMILES string of the molecule is C=CCOc1ccc(/C(O)=C2/C(=O)C(=O)N(CCOC)C2c2cccc(Cl)c2)cc1. The lowest BCUT2D eigenvalue weighted by Gasteiger charge is -2.25. The molecule has 1 fully saturated rings. The van der Waals surface area contributed by atoms with Gasteiger partial charge in [0.15, 0.2) is 0 Å². The maximum atomic E-state index is 12.9. The molecule has 156 valence electrons. The molecule has 1 aliphatic heterocycles. The van der Waals surface area contributed by atoms with Gasteiger partial charge in [0, 0.05) is 24.2 Å². The minimum atomic E-state index is -0.768. The van der Waals surface area contributed by atoms with E-state index in [1.807, 2.05) is 0 Å². The van der Waals surface area contributed by atoms with E-state index in [0.29, 0.717) is 28.5 Å². The van der Waals surface area contributed by atoms with Gasteiger partial charge in [-0.25, -0.2) is 0 Å². The fourth-order valence-electron chi connectivity index (χ4n) is 3.34. The van der Waals surface area contributed by atoms with Gasteiger partial charge in [-0.05, 0) is 42.0 Å². The van der Waals surface area contributed by atoms with Gasteiger partial charge in [0.05, 0.1) is 18.2 Å². The van der Waals surface area contributed by atoms with Crippen molar-refractivity contribution in [2.45, 2.75) is 6.04 Å². The quantitative estimate of drug-likeness (QED) is 0.298. The predicted molar refractivity (Wildman–Crippen MR) is 114 cm³/mol. The van der Waals surface area contributed by atoms with Crippen LogP contribution in [-0.4, -0.2) is 48.6 Å². The number of ketones is 1. The van der Waals surface area contributed by atoms with Crippen molar-refractivity contribution in [2.75, 3.05) is 26.9 Å². The number of carbonyl (C=O) groups is 2. The number of aliphatic hydroxyl groups excluding tert-OH is 1. The lowest BCUT2D eigenvalue weighted by atomic mass is 9.95. The topological polar surface area (TPSA) is 76.1 Å². The second-order valence-electron chi connectivity index (χ2n) is 6.66. The Morgan fingerprint density at radius 1 is 1.23 bits per heavy atom. The Morgan fingerprint density at radius 3 is 2.60 bits per heavy atom. The molecule has 3 rings (SSSR count). The molecule has 6 nitrogen and oxygen atoms in total. The predicted octanol–water partition coefficient (Wildman–Crippen LogP) is 3.97. The van der Waals surface area contributed by atoms with Crippen LogP contribution in [0.4, 0.5) is 0 Å². The highest BCUT2D eigenvalue weighted by Crippen LogP contribution is 2.39. The van der Waals surface area contributed by atoms with E-state index in [9.17, 15) is 14.7 Å². The molecule has 0 bridgehead atoms. The van der Waals surface area contributed by atoms with Crippen LogP contribution in [0.15, 0.2) is 66.8 Å². The number of amides is 1. The summed E-state index contributed by atoms with van der Waals surface area (Å²) < 4.78 is 10.5. The molecular formula is C23H22ClNO5. The van der Waals surface area contributed by atoms with Crippen molar-refractivity contribution >= 4 is 29.1 Å². The first-order valence-corrected chi connectivity index (χ1v) is 9.72. The third-order valence-electron chi connectivity index (χ3n) is 4.74. The van der Waals surface area contributed by atoms with E-state index in [1.165, 1.54) is 12.0 Å². The van der Waals surface area contributed by atoms with Crippen molar-refractivity contribution in [3.8, 4) is 5.75 Å². The zero-order valence-electron chi connectivity index (χ0n) is 16.5. The van der Waals surface area contributed by atoms with Gasteiger partial charge in [0.2, 0.25) is 0 Å². The summed E-state index contributed by atoms with van der Waals surface area (Å²) in [4.78, 5) is 27.0. The highest BCUT2D eigenvalue weighted by molar-refractivity contribution is 6.46. The van der Waals surface area contributed by atoms with Crippen molar-refractivity contribution in [2.24, 2.45) is 0 Å². The molecule has 1 amide bonds. The third kappa shape index (κ3) is 4.40. The van der Waals surface area contributed by atoms with E-state index in [-0.39, 0.29) is 24.5 Å². The molecule has 0 spiro atoms. The third-order valence-corrected chi connectivity index (χ3v) is 4.97. The highest BCUT2D eigenvalue weighted by atomic mass is 35.5. The first-order chi connectivity index (χ1) is 14.5. The Hall–Kier alpha value is -3.09. The maximum absolute atomic E-state index is 12.9. The van der Waals surface area contributed by atoms with Gasteiger partial charge in [0.1, 0.15) is 18.1 Å². The lowest BCUT2D eigenvalue weighted by Crippen LogP contribution is -2.32. The van der Waals surface area contributed by atoms with E-state index in [1.54, 1.807) is 54.6 Å². The monoisotopic (exact) mass is 427 g/mol. The summed E-state index contributed by atoms with van der Waals surface area (Å²) in [5.41, 5.74) is 1.04. The van der Waals surface area contributed by atoms with Crippen LogP contribution in [0.3, 0.4) is 0 Å². The summed E-state index contributed by atoms with van der Waals surface area (Å²) in [6.45, 7) is 4.40. The van der Waals surface area contributed by atoms with Crippen LogP contribution in [0, 0.1) is 0 Å². The molecule has 2 aromatic carbocycles. The first-order valence-electron chi connectivity index (χ1n) is 9.35. The highest BCUT2D eigenvalue weighted by Gasteiger charge is 2.45. The molecule has 1 saturated heterocycles. The first kappa shape index (κ1) is 21.6. The number of rotatable bonds is 8. The molecule has 0 aromatic heterocycles. The molecule has 7 heteroatoms. The van der Waals surface area contributed by atoms with Crippen molar-refractivity contribution in [3.63, 3.8) is 0 Å². The van der Waals surface area contributed by atoms with Gasteiger partial charge in [-0.3, -0.25) is 9.59 Å². The number of likely N-dealkylation sites (tertiary alicyclic amines) is 1. The normalized spacial score (nSPS) is 17.9. The second-order valence-corrected chi connectivity index (χ2v) is 7.10. The van der Waals surface area contributed by atoms with Crippen molar-refractivity contribution < 1.29 is 24.2 Å². The second kappa shape index (κ2) is 9.61. The standard InChI is InChI=1S/C23H22ClNO5/c1-3-12-30-18-9-7-15(8-10-18)21(26)19-20(16-5-4-6-17(24)14-16)25(11-13-29-2)23(28)22(19)27/h3-10,14,20,26H,1,11-13H2,2H3/b21-19-. The number of ether oxygens (including phenoxy) is 2. The fourth-order valence-corrected chi connectivity index (χ4v) is 3.54. The smallest absolute Gasteiger partial charge is 0.295 e. The number of carbonyl (C=O) groups excluding carboxylic acids is 2. The Labute approximate surface area is 180 Å². The zero-order valence-corrected chi connectivity index (χ0v) is 17.3. The Balaban J connectivity index is 2.07.